The van der Waals surface area contributed by atoms with E-state index in [4.69, 9.17) is 0 Å². The van der Waals surface area contributed by atoms with Crippen molar-refractivity contribution in [3.05, 3.63) is 18.0 Å². The van der Waals surface area contributed by atoms with Gasteiger partial charge in [0.05, 0.1) is 12.2 Å². The van der Waals surface area contributed by atoms with E-state index in [0.717, 1.165) is 44.0 Å². The summed E-state index contributed by atoms with van der Waals surface area (Å²) in [4.78, 5) is 4.55. The third-order valence-corrected chi connectivity index (χ3v) is 4.08. The number of hydrogen-bond donors (Lipinski definition) is 4. The van der Waals surface area contributed by atoms with Crippen LogP contribution in [0.4, 0.5) is 0 Å². The molecule has 1 aromatic heterocycles. The SMILES string of the molecule is CCNC(=NCc1ccn[nH]1)NCC(CC)(CC)CCO.I. The van der Waals surface area contributed by atoms with Gasteiger partial charge in [-0.15, -0.1) is 24.0 Å². The van der Waals surface area contributed by atoms with Crippen LogP contribution in [0.2, 0.25) is 0 Å². The number of H-pyrrole nitrogens is 1. The van der Waals surface area contributed by atoms with Gasteiger partial charge >= 0.3 is 0 Å². The standard InChI is InChI=1S/C15H29N5O.HI/c1-4-15(5-2,8-10-21)12-18-14(16-6-3)17-11-13-7-9-19-20-13;/h7,9,21H,4-6,8,10-12H2,1-3H3,(H,19,20)(H2,16,17,18);1H. The molecule has 0 saturated carbocycles. The molecule has 0 bridgehead atoms. The van der Waals surface area contributed by atoms with E-state index >= 15 is 0 Å². The van der Waals surface area contributed by atoms with Crippen LogP contribution in [0.1, 0.15) is 45.7 Å². The van der Waals surface area contributed by atoms with Crippen molar-refractivity contribution in [2.75, 3.05) is 19.7 Å². The minimum Gasteiger partial charge on any atom is -0.396 e. The molecule has 0 aliphatic heterocycles. The molecule has 0 fully saturated rings. The van der Waals surface area contributed by atoms with Crippen LogP contribution in [0, 0.1) is 5.41 Å². The molecule has 0 aliphatic carbocycles. The highest BCUT2D eigenvalue weighted by atomic mass is 127. The molecular weight excluding hydrogens is 393 g/mol. The average molecular weight is 423 g/mol. The zero-order valence-electron chi connectivity index (χ0n) is 13.9. The van der Waals surface area contributed by atoms with Crippen molar-refractivity contribution in [1.29, 1.82) is 0 Å². The molecular formula is C15H30IN5O. The highest BCUT2D eigenvalue weighted by Gasteiger charge is 2.25. The number of aromatic nitrogens is 2. The van der Waals surface area contributed by atoms with E-state index in [1.807, 2.05) is 13.0 Å². The lowest BCUT2D eigenvalue weighted by Gasteiger charge is -2.32. The molecule has 4 N–H and O–H groups in total. The number of rotatable bonds is 9. The number of nitrogens with zero attached hydrogens (tertiary/aromatic N) is 2. The molecule has 0 aliphatic rings. The predicted molar refractivity (Wildman–Crippen MR) is 102 cm³/mol. The fraction of sp³-hybridized carbons (Fsp3) is 0.733. The van der Waals surface area contributed by atoms with Gasteiger partial charge in [-0.2, -0.15) is 5.10 Å². The first-order chi connectivity index (χ1) is 10.2. The Bertz CT molecular complexity index is 404. The smallest absolute Gasteiger partial charge is 0.191 e. The molecule has 0 aromatic carbocycles. The molecule has 1 rings (SSSR count). The van der Waals surface area contributed by atoms with Crippen LogP contribution >= 0.6 is 24.0 Å². The lowest BCUT2D eigenvalue weighted by atomic mass is 9.79. The van der Waals surface area contributed by atoms with Gasteiger partial charge in [0.1, 0.15) is 0 Å². The van der Waals surface area contributed by atoms with E-state index in [-0.39, 0.29) is 36.0 Å². The maximum absolute atomic E-state index is 9.28. The Morgan fingerprint density at radius 3 is 2.55 bits per heavy atom. The number of aromatic amines is 1. The van der Waals surface area contributed by atoms with Crippen molar-refractivity contribution in [2.24, 2.45) is 10.4 Å². The zero-order valence-corrected chi connectivity index (χ0v) is 16.2. The summed E-state index contributed by atoms with van der Waals surface area (Å²) < 4.78 is 0. The van der Waals surface area contributed by atoms with E-state index in [1.54, 1.807) is 6.20 Å². The van der Waals surface area contributed by atoms with Crippen molar-refractivity contribution in [3.63, 3.8) is 0 Å². The molecule has 0 amide bonds. The second kappa shape index (κ2) is 11.7. The van der Waals surface area contributed by atoms with Crippen LogP contribution in [0.25, 0.3) is 0 Å². The van der Waals surface area contributed by atoms with E-state index < -0.39 is 0 Å². The average Bonchev–Trinajstić information content (AvgIpc) is 3.02. The number of aliphatic imine (C=N–C) groups is 1. The summed E-state index contributed by atoms with van der Waals surface area (Å²) in [7, 11) is 0. The second-order valence-electron chi connectivity index (χ2n) is 5.31. The fourth-order valence-electron chi connectivity index (χ4n) is 2.33. The van der Waals surface area contributed by atoms with Gasteiger partial charge in [-0.25, -0.2) is 4.99 Å². The molecule has 1 heterocycles. The van der Waals surface area contributed by atoms with Gasteiger partial charge in [-0.1, -0.05) is 13.8 Å². The van der Waals surface area contributed by atoms with Crippen molar-refractivity contribution in [3.8, 4) is 0 Å². The Morgan fingerprint density at radius 1 is 1.32 bits per heavy atom. The van der Waals surface area contributed by atoms with Crippen LogP contribution < -0.4 is 10.6 Å². The molecule has 0 spiro atoms. The quantitative estimate of drug-likeness (QED) is 0.279. The van der Waals surface area contributed by atoms with Crippen molar-refractivity contribution in [2.45, 2.75) is 46.6 Å². The van der Waals surface area contributed by atoms with Crippen molar-refractivity contribution >= 4 is 29.9 Å². The summed E-state index contributed by atoms with van der Waals surface area (Å²) in [6.45, 7) is 8.83. The molecule has 128 valence electrons. The van der Waals surface area contributed by atoms with Gasteiger partial charge < -0.3 is 15.7 Å². The first kappa shape index (κ1) is 21.2. The maximum Gasteiger partial charge on any atom is 0.191 e. The molecule has 1 aromatic rings. The number of nitrogens with one attached hydrogen (secondary N) is 3. The number of hydrogen-bond acceptors (Lipinski definition) is 3. The fourth-order valence-corrected chi connectivity index (χ4v) is 2.33. The Kier molecular flexibility index (Phi) is 11.3. The Hall–Kier alpha value is -0.830. The first-order valence-electron chi connectivity index (χ1n) is 7.81. The van der Waals surface area contributed by atoms with E-state index in [0.29, 0.717) is 6.54 Å². The van der Waals surface area contributed by atoms with Gasteiger partial charge in [0.25, 0.3) is 0 Å². The van der Waals surface area contributed by atoms with Crippen molar-refractivity contribution in [1.82, 2.24) is 20.8 Å². The third-order valence-electron chi connectivity index (χ3n) is 4.08. The minimum absolute atomic E-state index is 0. The monoisotopic (exact) mass is 423 g/mol. The lowest BCUT2D eigenvalue weighted by molar-refractivity contribution is 0.169. The normalized spacial score (nSPS) is 11.9. The summed E-state index contributed by atoms with van der Waals surface area (Å²) in [6, 6.07) is 1.92. The second-order valence-corrected chi connectivity index (χ2v) is 5.31. The largest absolute Gasteiger partial charge is 0.396 e. The van der Waals surface area contributed by atoms with Gasteiger partial charge in [-0.3, -0.25) is 5.10 Å². The predicted octanol–water partition coefficient (Wildman–Crippen LogP) is 2.27. The first-order valence-corrected chi connectivity index (χ1v) is 7.81. The number of halogens is 1. The Balaban J connectivity index is 0.00000441. The molecule has 6 nitrogen and oxygen atoms in total. The van der Waals surface area contributed by atoms with E-state index in [2.05, 4.69) is 39.7 Å². The van der Waals surface area contributed by atoms with Crippen LogP contribution in [0.3, 0.4) is 0 Å². The van der Waals surface area contributed by atoms with Crippen molar-refractivity contribution < 1.29 is 5.11 Å². The molecule has 0 saturated heterocycles. The van der Waals surface area contributed by atoms with Crippen LogP contribution in [0.15, 0.2) is 17.3 Å². The highest BCUT2D eigenvalue weighted by molar-refractivity contribution is 14.0. The Labute approximate surface area is 150 Å². The number of aliphatic hydroxyl groups is 1. The molecule has 0 unspecified atom stereocenters. The summed E-state index contributed by atoms with van der Waals surface area (Å²) in [5.41, 5.74) is 1.11. The highest BCUT2D eigenvalue weighted by Crippen LogP contribution is 2.29. The maximum atomic E-state index is 9.28. The third kappa shape index (κ3) is 6.95. The summed E-state index contributed by atoms with van der Waals surface area (Å²) in [5, 5.41) is 22.8. The van der Waals surface area contributed by atoms with E-state index in [9.17, 15) is 5.11 Å². The molecule has 7 heteroatoms. The summed E-state index contributed by atoms with van der Waals surface area (Å²) in [5.74, 6) is 0.802. The number of guanidine groups is 1. The number of aliphatic hydroxyl groups excluding tert-OH is 1. The molecule has 22 heavy (non-hydrogen) atoms. The minimum atomic E-state index is 0. The van der Waals surface area contributed by atoms with Gasteiger partial charge in [0.15, 0.2) is 5.96 Å². The zero-order chi connectivity index (χ0) is 15.6. The summed E-state index contributed by atoms with van der Waals surface area (Å²) >= 11 is 0. The van der Waals surface area contributed by atoms with Gasteiger partial charge in [-0.05, 0) is 37.7 Å². The van der Waals surface area contributed by atoms with Crippen LogP contribution in [0.5, 0.6) is 0 Å². The van der Waals surface area contributed by atoms with Gasteiger partial charge in [0, 0.05) is 25.9 Å². The Morgan fingerprint density at radius 2 is 2.05 bits per heavy atom. The van der Waals surface area contributed by atoms with Crippen LogP contribution in [-0.4, -0.2) is 41.0 Å². The van der Waals surface area contributed by atoms with E-state index in [1.165, 1.54) is 0 Å². The lowest BCUT2D eigenvalue weighted by Crippen LogP contribution is -2.43. The molecule has 0 radical (unpaired) electrons. The summed E-state index contributed by atoms with van der Waals surface area (Å²) in [6.07, 6.45) is 4.62. The van der Waals surface area contributed by atoms with Gasteiger partial charge in [0.2, 0.25) is 0 Å². The topological polar surface area (TPSA) is 85.3 Å². The molecule has 0 atom stereocenters. The van der Waals surface area contributed by atoms with Crippen LogP contribution in [-0.2, 0) is 6.54 Å².